The summed E-state index contributed by atoms with van der Waals surface area (Å²) in [6.45, 7) is -0.475. The lowest BCUT2D eigenvalue weighted by molar-refractivity contribution is -0.147. The van der Waals surface area contributed by atoms with E-state index >= 15 is 0 Å². The molecule has 0 aliphatic heterocycles. The van der Waals surface area contributed by atoms with E-state index in [2.05, 4.69) is 16.0 Å². The smallest absolute Gasteiger partial charge is 0.326 e. The quantitative estimate of drug-likeness (QED) is 0.114. The maximum Gasteiger partial charge on any atom is 0.326 e. The molecule has 13 nitrogen and oxygen atoms in total. The van der Waals surface area contributed by atoms with Gasteiger partial charge in [-0.25, -0.2) is 4.79 Å². The standard InChI is InChI=1S/C22H33N5O8/c23-9-5-4-8-15(20(32)26-16(22(34)35)11-18(29)30)25-21(33)17(12-28)27-19(31)14(24)10-13-6-2-1-3-7-13/h1-3,6-7,14-17,28H,4-5,8-12,23-24H2,(H,25,33)(H,26,32)(H,27,31)(H,29,30)(H,34,35). The molecule has 0 aliphatic rings. The minimum atomic E-state index is -1.71. The molecule has 10 N–H and O–H groups in total. The molecular weight excluding hydrogens is 462 g/mol. The van der Waals surface area contributed by atoms with Crippen molar-refractivity contribution in [1.29, 1.82) is 0 Å². The highest BCUT2D eigenvalue weighted by Gasteiger charge is 2.30. The van der Waals surface area contributed by atoms with E-state index in [1.807, 2.05) is 6.07 Å². The number of rotatable bonds is 16. The van der Waals surface area contributed by atoms with Gasteiger partial charge in [0.2, 0.25) is 17.7 Å². The molecule has 35 heavy (non-hydrogen) atoms. The number of aliphatic carboxylic acids is 2. The van der Waals surface area contributed by atoms with Crippen molar-refractivity contribution in [3.8, 4) is 0 Å². The first kappa shape index (κ1) is 29.5. The Labute approximate surface area is 202 Å². The molecule has 0 aromatic heterocycles. The summed E-state index contributed by atoms with van der Waals surface area (Å²) in [5.74, 6) is -5.50. The molecule has 1 aromatic carbocycles. The van der Waals surface area contributed by atoms with Gasteiger partial charge in [-0.15, -0.1) is 0 Å². The van der Waals surface area contributed by atoms with Gasteiger partial charge in [0.15, 0.2) is 0 Å². The monoisotopic (exact) mass is 495 g/mol. The fraction of sp³-hybridized carbons (Fsp3) is 0.500. The van der Waals surface area contributed by atoms with Crippen LogP contribution in [0.2, 0.25) is 0 Å². The number of aliphatic hydroxyl groups is 1. The average molecular weight is 496 g/mol. The molecule has 4 unspecified atom stereocenters. The van der Waals surface area contributed by atoms with Crippen molar-refractivity contribution >= 4 is 29.7 Å². The van der Waals surface area contributed by atoms with Crippen LogP contribution in [-0.2, 0) is 30.4 Å². The molecule has 0 bridgehead atoms. The van der Waals surface area contributed by atoms with Crippen molar-refractivity contribution in [3.63, 3.8) is 0 Å². The molecule has 0 spiro atoms. The molecule has 0 saturated heterocycles. The minimum absolute atomic E-state index is 0.0633. The van der Waals surface area contributed by atoms with Crippen LogP contribution < -0.4 is 27.4 Å². The van der Waals surface area contributed by atoms with Gasteiger partial charge in [-0.3, -0.25) is 19.2 Å². The first-order valence-corrected chi connectivity index (χ1v) is 11.0. The molecule has 1 aromatic rings. The summed E-state index contributed by atoms with van der Waals surface area (Å²) in [7, 11) is 0. The highest BCUT2D eigenvalue weighted by molar-refractivity contribution is 5.94. The Kier molecular flexibility index (Phi) is 12.9. The summed E-state index contributed by atoms with van der Waals surface area (Å²) in [5.41, 5.74) is 12.2. The number of unbranched alkanes of at least 4 members (excludes halogenated alkanes) is 1. The highest BCUT2D eigenvalue weighted by Crippen LogP contribution is 2.05. The molecule has 4 atom stereocenters. The van der Waals surface area contributed by atoms with Gasteiger partial charge in [-0.2, -0.15) is 0 Å². The van der Waals surface area contributed by atoms with Crippen molar-refractivity contribution in [2.45, 2.75) is 56.3 Å². The second kappa shape index (κ2) is 15.4. The number of benzene rings is 1. The maximum atomic E-state index is 12.7. The van der Waals surface area contributed by atoms with E-state index in [1.54, 1.807) is 24.3 Å². The van der Waals surface area contributed by atoms with Crippen LogP contribution in [0.25, 0.3) is 0 Å². The third-order valence-electron chi connectivity index (χ3n) is 5.02. The first-order valence-electron chi connectivity index (χ1n) is 11.0. The number of aliphatic hydroxyl groups excluding tert-OH is 1. The molecule has 194 valence electrons. The number of carboxylic acid groups (broad SMARTS) is 2. The molecule has 1 rings (SSSR count). The van der Waals surface area contributed by atoms with Crippen molar-refractivity contribution < 1.29 is 39.3 Å². The number of hydrogen-bond donors (Lipinski definition) is 8. The van der Waals surface area contributed by atoms with E-state index in [9.17, 15) is 29.1 Å². The second-order valence-electron chi connectivity index (χ2n) is 7.88. The van der Waals surface area contributed by atoms with Gasteiger partial charge in [0.1, 0.15) is 18.1 Å². The predicted octanol–water partition coefficient (Wildman–Crippen LogP) is -2.31. The first-order chi connectivity index (χ1) is 16.6. The fourth-order valence-electron chi connectivity index (χ4n) is 3.11. The second-order valence-corrected chi connectivity index (χ2v) is 7.88. The summed E-state index contributed by atoms with van der Waals surface area (Å²) in [5, 5.41) is 34.4. The van der Waals surface area contributed by atoms with Crippen LogP contribution in [-0.4, -0.2) is 82.3 Å². The Morgan fingerprint density at radius 2 is 1.40 bits per heavy atom. The molecule has 0 heterocycles. The molecule has 3 amide bonds. The Bertz CT molecular complexity index is 867. The number of nitrogens with one attached hydrogen (secondary N) is 3. The number of carbonyl (C=O) groups is 5. The lowest BCUT2D eigenvalue weighted by Gasteiger charge is -2.24. The van der Waals surface area contributed by atoms with Gasteiger partial charge in [0, 0.05) is 0 Å². The topological polar surface area (TPSA) is 234 Å². The van der Waals surface area contributed by atoms with Gasteiger partial charge in [-0.05, 0) is 37.8 Å². The Morgan fingerprint density at radius 1 is 0.829 bits per heavy atom. The summed E-state index contributed by atoms with van der Waals surface area (Å²) >= 11 is 0. The summed E-state index contributed by atoms with van der Waals surface area (Å²) in [6, 6.07) is 3.54. The molecule has 0 radical (unpaired) electrons. The van der Waals surface area contributed by atoms with Gasteiger partial charge >= 0.3 is 11.9 Å². The highest BCUT2D eigenvalue weighted by atomic mass is 16.4. The molecule has 0 aliphatic carbocycles. The largest absolute Gasteiger partial charge is 0.481 e. The van der Waals surface area contributed by atoms with E-state index in [1.165, 1.54) is 0 Å². The van der Waals surface area contributed by atoms with Crippen LogP contribution in [0.3, 0.4) is 0 Å². The average Bonchev–Trinajstić information content (AvgIpc) is 2.81. The van der Waals surface area contributed by atoms with E-state index in [0.717, 1.165) is 5.56 Å². The SMILES string of the molecule is NCCCCC(NC(=O)C(CO)NC(=O)C(N)Cc1ccccc1)C(=O)NC(CC(=O)O)C(=O)O. The molecule has 0 saturated carbocycles. The molecule has 13 heteroatoms. The van der Waals surface area contributed by atoms with Gasteiger partial charge in [0.25, 0.3) is 0 Å². The van der Waals surface area contributed by atoms with Crippen molar-refractivity contribution in [2.24, 2.45) is 11.5 Å². The number of carboxylic acids is 2. The zero-order chi connectivity index (χ0) is 26.4. The van der Waals surface area contributed by atoms with E-state index in [0.29, 0.717) is 19.4 Å². The van der Waals surface area contributed by atoms with Gasteiger partial charge in [0.05, 0.1) is 19.1 Å². The Hall–Kier alpha value is -3.55. The summed E-state index contributed by atoms with van der Waals surface area (Å²) in [4.78, 5) is 59.9. The zero-order valence-electron chi connectivity index (χ0n) is 19.2. The fourth-order valence-corrected chi connectivity index (χ4v) is 3.11. The number of hydrogen-bond acceptors (Lipinski definition) is 8. The maximum absolute atomic E-state index is 12.7. The van der Waals surface area contributed by atoms with Crippen molar-refractivity contribution in [1.82, 2.24) is 16.0 Å². The number of carbonyl (C=O) groups excluding carboxylic acids is 3. The van der Waals surface area contributed by atoms with Crippen molar-refractivity contribution in [3.05, 3.63) is 35.9 Å². The van der Waals surface area contributed by atoms with Crippen LogP contribution in [0.15, 0.2) is 30.3 Å². The van der Waals surface area contributed by atoms with Gasteiger partial charge in [-0.1, -0.05) is 30.3 Å². The Balaban J connectivity index is 2.84. The van der Waals surface area contributed by atoms with E-state index in [4.69, 9.17) is 21.7 Å². The molecule has 0 fully saturated rings. The van der Waals surface area contributed by atoms with Crippen LogP contribution in [0.5, 0.6) is 0 Å². The van der Waals surface area contributed by atoms with Crippen LogP contribution in [0.1, 0.15) is 31.2 Å². The predicted molar refractivity (Wildman–Crippen MR) is 124 cm³/mol. The number of amides is 3. The zero-order valence-corrected chi connectivity index (χ0v) is 19.2. The third-order valence-corrected chi connectivity index (χ3v) is 5.02. The lowest BCUT2D eigenvalue weighted by atomic mass is 10.1. The summed E-state index contributed by atoms with van der Waals surface area (Å²) in [6.07, 6.45) is 0.291. The van der Waals surface area contributed by atoms with E-state index < -0.39 is 66.9 Å². The lowest BCUT2D eigenvalue weighted by Crippen LogP contribution is -2.58. The van der Waals surface area contributed by atoms with Crippen molar-refractivity contribution in [2.75, 3.05) is 13.2 Å². The minimum Gasteiger partial charge on any atom is -0.481 e. The Morgan fingerprint density at radius 3 is 1.94 bits per heavy atom. The van der Waals surface area contributed by atoms with Crippen LogP contribution in [0, 0.1) is 0 Å². The third kappa shape index (κ3) is 10.9. The normalized spacial score (nSPS) is 14.1. The van der Waals surface area contributed by atoms with Crippen LogP contribution >= 0.6 is 0 Å². The van der Waals surface area contributed by atoms with E-state index in [-0.39, 0.29) is 12.8 Å². The molecular formula is C22H33N5O8. The van der Waals surface area contributed by atoms with Crippen LogP contribution in [0.4, 0.5) is 0 Å². The van der Waals surface area contributed by atoms with Gasteiger partial charge < -0.3 is 42.7 Å². The summed E-state index contributed by atoms with van der Waals surface area (Å²) < 4.78 is 0. The number of nitrogens with two attached hydrogens (primary N) is 2.